The third kappa shape index (κ3) is 2.20. The molecule has 0 bridgehead atoms. The number of hydrogen-bond donors (Lipinski definition) is 0. The molecular formula is C8H8ClNO2. The van der Waals surface area contributed by atoms with E-state index in [1.165, 1.54) is 0 Å². The van der Waals surface area contributed by atoms with E-state index in [9.17, 15) is 4.79 Å². The van der Waals surface area contributed by atoms with E-state index >= 15 is 0 Å². The van der Waals surface area contributed by atoms with Crippen LogP contribution in [0.1, 0.15) is 11.3 Å². The van der Waals surface area contributed by atoms with Crippen LogP contribution in [0.4, 0.5) is 0 Å². The lowest BCUT2D eigenvalue weighted by Crippen LogP contribution is -1.97. The van der Waals surface area contributed by atoms with Crippen LogP contribution in [-0.4, -0.2) is 11.5 Å². The van der Waals surface area contributed by atoms with Crippen LogP contribution in [0.5, 0.6) is 0 Å². The van der Waals surface area contributed by atoms with Gasteiger partial charge in [0.15, 0.2) is 0 Å². The highest BCUT2D eigenvalue weighted by Gasteiger charge is 2.00. The third-order valence-corrected chi connectivity index (χ3v) is 1.67. The van der Waals surface area contributed by atoms with Gasteiger partial charge in [-0.1, -0.05) is 17.7 Å². The molecule has 1 aromatic rings. The monoisotopic (exact) mass is 185 g/mol. The molecule has 0 spiro atoms. The topological polar surface area (TPSA) is 39.2 Å². The fraction of sp³-hybridized carbons (Fsp3) is 0.250. The van der Waals surface area contributed by atoms with Crippen molar-refractivity contribution >= 4 is 18.1 Å². The maximum Gasteiger partial charge on any atom is 0.293 e. The molecule has 0 saturated heterocycles. The zero-order valence-corrected chi connectivity index (χ0v) is 7.34. The smallest absolute Gasteiger partial charge is 0.293 e. The van der Waals surface area contributed by atoms with Gasteiger partial charge in [-0.3, -0.25) is 4.79 Å². The number of aromatic nitrogens is 1. The summed E-state index contributed by atoms with van der Waals surface area (Å²) in [5.41, 5.74) is 1.65. The van der Waals surface area contributed by atoms with Crippen LogP contribution in [-0.2, 0) is 16.1 Å². The molecule has 0 unspecified atom stereocenters. The first kappa shape index (κ1) is 9.00. The largest absolute Gasteiger partial charge is 0.461 e. The first-order valence-corrected chi connectivity index (χ1v) is 3.79. The lowest BCUT2D eigenvalue weighted by atomic mass is 10.2. The zero-order valence-electron chi connectivity index (χ0n) is 6.58. The molecule has 0 aliphatic heterocycles. The molecule has 1 heterocycles. The maximum absolute atomic E-state index is 9.89. The van der Waals surface area contributed by atoms with Gasteiger partial charge in [0, 0.05) is 0 Å². The molecule has 0 saturated carbocycles. The van der Waals surface area contributed by atoms with E-state index in [0.29, 0.717) is 17.3 Å². The predicted octanol–water partition coefficient (Wildman–Crippen LogP) is 1.72. The van der Waals surface area contributed by atoms with Crippen molar-refractivity contribution in [1.82, 2.24) is 4.98 Å². The Labute approximate surface area is 75.3 Å². The minimum atomic E-state index is 0.176. The van der Waals surface area contributed by atoms with Crippen molar-refractivity contribution in [2.24, 2.45) is 0 Å². The average Bonchev–Trinajstić information content (AvgIpc) is 2.07. The van der Waals surface area contributed by atoms with Crippen molar-refractivity contribution in [3.8, 4) is 0 Å². The van der Waals surface area contributed by atoms with Crippen molar-refractivity contribution in [2.75, 3.05) is 0 Å². The van der Waals surface area contributed by atoms with Gasteiger partial charge in [0.05, 0.1) is 5.69 Å². The highest BCUT2D eigenvalue weighted by molar-refractivity contribution is 6.29. The van der Waals surface area contributed by atoms with Gasteiger partial charge >= 0.3 is 0 Å². The Morgan fingerprint density at radius 2 is 2.42 bits per heavy atom. The highest BCUT2D eigenvalue weighted by atomic mass is 35.5. The number of carbonyl (C=O) groups is 1. The van der Waals surface area contributed by atoms with Crippen LogP contribution in [0.25, 0.3) is 0 Å². The number of rotatable bonds is 3. The van der Waals surface area contributed by atoms with Gasteiger partial charge in [-0.2, -0.15) is 0 Å². The normalized spacial score (nSPS) is 9.50. The van der Waals surface area contributed by atoms with Crippen molar-refractivity contribution < 1.29 is 9.53 Å². The summed E-state index contributed by atoms with van der Waals surface area (Å²) < 4.78 is 4.55. The second-order valence-corrected chi connectivity index (χ2v) is 2.69. The first-order valence-electron chi connectivity index (χ1n) is 3.41. The number of nitrogens with zero attached hydrogens (tertiary/aromatic N) is 1. The van der Waals surface area contributed by atoms with E-state index < -0.39 is 0 Å². The fourth-order valence-corrected chi connectivity index (χ4v) is 0.968. The van der Waals surface area contributed by atoms with Crippen LogP contribution in [0, 0.1) is 6.92 Å². The molecule has 3 nitrogen and oxygen atoms in total. The van der Waals surface area contributed by atoms with Gasteiger partial charge < -0.3 is 4.74 Å². The summed E-state index contributed by atoms with van der Waals surface area (Å²) in [5, 5.41) is 0.407. The van der Waals surface area contributed by atoms with E-state index in [-0.39, 0.29) is 6.61 Å². The standard InChI is InChI=1S/C8H8ClNO2/c1-6-2-3-8(9)10-7(6)4-12-5-11/h2-3,5H,4H2,1H3. The third-order valence-electron chi connectivity index (χ3n) is 1.46. The van der Waals surface area contributed by atoms with Crippen LogP contribution in [0.3, 0.4) is 0 Å². The quantitative estimate of drug-likeness (QED) is 0.532. The van der Waals surface area contributed by atoms with Gasteiger partial charge in [0.2, 0.25) is 0 Å². The molecule has 0 atom stereocenters. The summed E-state index contributed by atoms with van der Waals surface area (Å²) in [7, 11) is 0. The van der Waals surface area contributed by atoms with Gasteiger partial charge in [-0.05, 0) is 18.6 Å². The van der Waals surface area contributed by atoms with Gasteiger partial charge in [0.1, 0.15) is 11.8 Å². The molecule has 0 fully saturated rings. The Kier molecular flexibility index (Phi) is 3.05. The molecule has 0 radical (unpaired) electrons. The Hall–Kier alpha value is -1.09. The van der Waals surface area contributed by atoms with E-state index in [4.69, 9.17) is 11.6 Å². The molecule has 4 heteroatoms. The van der Waals surface area contributed by atoms with E-state index in [1.807, 2.05) is 13.0 Å². The number of carbonyl (C=O) groups excluding carboxylic acids is 1. The van der Waals surface area contributed by atoms with E-state index in [1.54, 1.807) is 6.07 Å². The molecule has 64 valence electrons. The summed E-state index contributed by atoms with van der Waals surface area (Å²) >= 11 is 5.64. The first-order chi connectivity index (χ1) is 5.74. The van der Waals surface area contributed by atoms with Crippen molar-refractivity contribution in [3.05, 3.63) is 28.5 Å². The predicted molar refractivity (Wildman–Crippen MR) is 44.8 cm³/mol. The Balaban J connectivity index is 2.82. The average molecular weight is 186 g/mol. The Morgan fingerprint density at radius 3 is 3.08 bits per heavy atom. The number of pyridine rings is 1. The molecule has 12 heavy (non-hydrogen) atoms. The summed E-state index contributed by atoms with van der Waals surface area (Å²) in [6.07, 6.45) is 0. The van der Waals surface area contributed by atoms with Crippen molar-refractivity contribution in [2.45, 2.75) is 13.5 Å². The van der Waals surface area contributed by atoms with Gasteiger partial charge in [0.25, 0.3) is 6.47 Å². The second-order valence-electron chi connectivity index (χ2n) is 2.30. The Bertz CT molecular complexity index is 288. The molecule has 0 aliphatic rings. The summed E-state index contributed by atoms with van der Waals surface area (Å²) in [6.45, 7) is 2.45. The summed E-state index contributed by atoms with van der Waals surface area (Å²) in [4.78, 5) is 13.9. The van der Waals surface area contributed by atoms with Crippen LogP contribution >= 0.6 is 11.6 Å². The van der Waals surface area contributed by atoms with Crippen LogP contribution in [0.2, 0.25) is 5.15 Å². The SMILES string of the molecule is Cc1ccc(Cl)nc1COC=O. The number of halogens is 1. The number of ether oxygens (including phenoxy) is 1. The minimum absolute atomic E-state index is 0.176. The zero-order chi connectivity index (χ0) is 8.97. The number of aryl methyl sites for hydroxylation is 1. The molecule has 0 aromatic carbocycles. The van der Waals surface area contributed by atoms with Crippen LogP contribution in [0.15, 0.2) is 12.1 Å². The maximum atomic E-state index is 9.89. The molecule has 1 rings (SSSR count). The summed E-state index contributed by atoms with van der Waals surface area (Å²) in [5.74, 6) is 0. The number of hydrogen-bond acceptors (Lipinski definition) is 3. The van der Waals surface area contributed by atoms with Gasteiger partial charge in [-0.25, -0.2) is 4.98 Å². The van der Waals surface area contributed by atoms with E-state index in [2.05, 4.69) is 9.72 Å². The van der Waals surface area contributed by atoms with Crippen LogP contribution < -0.4 is 0 Å². The second kappa shape index (κ2) is 4.07. The molecule has 1 aromatic heterocycles. The Morgan fingerprint density at radius 1 is 1.67 bits per heavy atom. The molecular weight excluding hydrogens is 178 g/mol. The highest BCUT2D eigenvalue weighted by Crippen LogP contribution is 2.10. The summed E-state index contributed by atoms with van der Waals surface area (Å²) in [6, 6.07) is 3.53. The molecule has 0 N–H and O–H groups in total. The van der Waals surface area contributed by atoms with Crippen molar-refractivity contribution in [1.29, 1.82) is 0 Å². The molecule has 0 aliphatic carbocycles. The minimum Gasteiger partial charge on any atom is -0.461 e. The fourth-order valence-electron chi connectivity index (χ4n) is 0.803. The van der Waals surface area contributed by atoms with E-state index in [0.717, 1.165) is 5.56 Å². The molecule has 0 amide bonds. The lowest BCUT2D eigenvalue weighted by molar-refractivity contribution is -0.129. The lowest BCUT2D eigenvalue weighted by Gasteiger charge is -2.02. The van der Waals surface area contributed by atoms with Crippen molar-refractivity contribution in [3.63, 3.8) is 0 Å². The van der Waals surface area contributed by atoms with Gasteiger partial charge in [-0.15, -0.1) is 0 Å².